The van der Waals surface area contributed by atoms with Gasteiger partial charge in [0.1, 0.15) is 6.61 Å². The van der Waals surface area contributed by atoms with Crippen molar-refractivity contribution in [3.63, 3.8) is 0 Å². The number of carbonyl (C=O) groups excluding carboxylic acids is 2. The van der Waals surface area contributed by atoms with Gasteiger partial charge in [0.25, 0.3) is 0 Å². The molecule has 0 radical (unpaired) electrons. The molecule has 5 heteroatoms. The van der Waals surface area contributed by atoms with E-state index in [9.17, 15) is 14.7 Å². The van der Waals surface area contributed by atoms with Crippen molar-refractivity contribution in [2.45, 2.75) is 232 Å². The lowest BCUT2D eigenvalue weighted by atomic mass is 10.0. The summed E-state index contributed by atoms with van der Waals surface area (Å²) in [4.78, 5) is 24.1. The van der Waals surface area contributed by atoms with Crippen LogP contribution in [0.1, 0.15) is 226 Å². The van der Waals surface area contributed by atoms with Crippen molar-refractivity contribution in [1.29, 1.82) is 0 Å². The molecule has 1 atom stereocenters. The highest BCUT2D eigenvalue weighted by Gasteiger charge is 2.16. The molecular formula is C40H78O5. The Morgan fingerprint density at radius 1 is 0.422 bits per heavy atom. The van der Waals surface area contributed by atoms with Crippen LogP contribution in [0.2, 0.25) is 0 Å². The Morgan fingerprint density at radius 3 is 0.978 bits per heavy atom. The Morgan fingerprint density at radius 2 is 0.689 bits per heavy atom. The lowest BCUT2D eigenvalue weighted by Gasteiger charge is -2.15. The van der Waals surface area contributed by atoms with E-state index in [-0.39, 0.29) is 25.2 Å². The molecule has 0 saturated heterocycles. The van der Waals surface area contributed by atoms with Gasteiger partial charge in [0.2, 0.25) is 0 Å². The van der Waals surface area contributed by atoms with E-state index >= 15 is 0 Å². The fourth-order valence-corrected chi connectivity index (χ4v) is 6.08. The third-order valence-electron chi connectivity index (χ3n) is 9.15. The van der Waals surface area contributed by atoms with Gasteiger partial charge in [-0.05, 0) is 12.8 Å². The monoisotopic (exact) mass is 639 g/mol. The second-order valence-corrected chi connectivity index (χ2v) is 13.7. The van der Waals surface area contributed by atoms with E-state index in [1.807, 2.05) is 0 Å². The van der Waals surface area contributed by atoms with Crippen molar-refractivity contribution >= 4 is 11.9 Å². The summed E-state index contributed by atoms with van der Waals surface area (Å²) < 4.78 is 10.6. The second-order valence-electron chi connectivity index (χ2n) is 13.7. The first kappa shape index (κ1) is 43.9. The van der Waals surface area contributed by atoms with Crippen LogP contribution in [-0.4, -0.2) is 36.4 Å². The minimum atomic E-state index is -0.760. The molecule has 0 aromatic rings. The second kappa shape index (κ2) is 37.4. The van der Waals surface area contributed by atoms with Crippen molar-refractivity contribution < 1.29 is 24.2 Å². The molecule has 0 aromatic carbocycles. The molecule has 268 valence electrons. The number of rotatable bonds is 37. The molecule has 1 N–H and O–H groups in total. The minimum Gasteiger partial charge on any atom is -0.462 e. The molecule has 0 rings (SSSR count). The maximum Gasteiger partial charge on any atom is 0.306 e. The summed E-state index contributed by atoms with van der Waals surface area (Å²) in [5.74, 6) is -0.579. The molecule has 0 heterocycles. The number of hydrogen-bond donors (Lipinski definition) is 1. The van der Waals surface area contributed by atoms with E-state index in [0.717, 1.165) is 38.5 Å². The van der Waals surface area contributed by atoms with Gasteiger partial charge in [-0.1, -0.05) is 200 Å². The Balaban J connectivity index is 3.43. The van der Waals surface area contributed by atoms with Crippen LogP contribution in [0.15, 0.2) is 0 Å². The minimum absolute atomic E-state index is 0.0577. The van der Waals surface area contributed by atoms with Crippen LogP contribution in [0.5, 0.6) is 0 Å². The number of carbonyl (C=O) groups is 2. The van der Waals surface area contributed by atoms with Crippen molar-refractivity contribution in [1.82, 2.24) is 0 Å². The highest BCUT2D eigenvalue weighted by atomic mass is 16.6. The maximum atomic E-state index is 12.1. The first-order valence-corrected chi connectivity index (χ1v) is 20.1. The Bertz CT molecular complexity index is 607. The van der Waals surface area contributed by atoms with Gasteiger partial charge in [-0.15, -0.1) is 0 Å². The molecule has 0 amide bonds. The van der Waals surface area contributed by atoms with E-state index in [1.165, 1.54) is 161 Å². The summed E-state index contributed by atoms with van der Waals surface area (Å²) in [7, 11) is 0. The number of hydrogen-bond acceptors (Lipinski definition) is 5. The summed E-state index contributed by atoms with van der Waals surface area (Å²) in [5.41, 5.74) is 0. The van der Waals surface area contributed by atoms with E-state index in [2.05, 4.69) is 13.8 Å². The smallest absolute Gasteiger partial charge is 0.306 e. The highest BCUT2D eigenvalue weighted by Crippen LogP contribution is 2.16. The average molecular weight is 639 g/mol. The molecule has 45 heavy (non-hydrogen) atoms. The van der Waals surface area contributed by atoms with Crippen molar-refractivity contribution in [3.8, 4) is 0 Å². The van der Waals surface area contributed by atoms with E-state index in [0.29, 0.717) is 12.8 Å². The van der Waals surface area contributed by atoms with Crippen LogP contribution in [0.4, 0.5) is 0 Å². The largest absolute Gasteiger partial charge is 0.462 e. The quantitative estimate of drug-likeness (QED) is 0.0541. The number of esters is 2. The number of ether oxygens (including phenoxy) is 2. The third-order valence-corrected chi connectivity index (χ3v) is 9.15. The van der Waals surface area contributed by atoms with Gasteiger partial charge in [0, 0.05) is 12.8 Å². The zero-order chi connectivity index (χ0) is 32.9. The van der Waals surface area contributed by atoms with Crippen molar-refractivity contribution in [2.75, 3.05) is 13.2 Å². The maximum absolute atomic E-state index is 12.1. The topological polar surface area (TPSA) is 72.8 Å². The SMILES string of the molecule is CCCCCCCCCCCCCCCCCCCCCCCCC(=O)OC(CO)COC(=O)CCCCCCCCCCC. The molecular weight excluding hydrogens is 560 g/mol. The molecule has 5 nitrogen and oxygen atoms in total. The summed E-state index contributed by atoms with van der Waals surface area (Å²) >= 11 is 0. The van der Waals surface area contributed by atoms with Gasteiger partial charge < -0.3 is 14.6 Å². The molecule has 0 aliphatic carbocycles. The average Bonchev–Trinajstić information content (AvgIpc) is 3.04. The van der Waals surface area contributed by atoms with Gasteiger partial charge in [-0.2, -0.15) is 0 Å². The Hall–Kier alpha value is -1.10. The summed E-state index contributed by atoms with van der Waals surface area (Å²) in [6.07, 6.45) is 40.4. The molecule has 0 saturated carbocycles. The highest BCUT2D eigenvalue weighted by molar-refractivity contribution is 5.70. The van der Waals surface area contributed by atoms with Crippen LogP contribution < -0.4 is 0 Å². The van der Waals surface area contributed by atoms with Crippen molar-refractivity contribution in [2.24, 2.45) is 0 Å². The number of unbranched alkanes of at least 4 members (excludes halogenated alkanes) is 29. The van der Waals surface area contributed by atoms with Gasteiger partial charge in [0.15, 0.2) is 6.10 Å². The Kier molecular flexibility index (Phi) is 36.4. The van der Waals surface area contributed by atoms with Gasteiger partial charge >= 0.3 is 11.9 Å². The summed E-state index contributed by atoms with van der Waals surface area (Å²) in [6, 6.07) is 0. The standard InChI is InChI=1S/C40H78O5/c1-3-5-7-9-11-13-14-15-16-17-18-19-20-21-22-23-24-25-27-29-31-33-35-40(43)45-38(36-41)37-44-39(42)34-32-30-28-26-12-10-8-6-4-2/h38,41H,3-37H2,1-2H3. The van der Waals surface area contributed by atoms with E-state index < -0.39 is 6.10 Å². The van der Waals surface area contributed by atoms with Gasteiger partial charge in [-0.3, -0.25) is 9.59 Å². The van der Waals surface area contributed by atoms with E-state index in [1.54, 1.807) is 0 Å². The Labute approximate surface area is 280 Å². The number of aliphatic hydroxyl groups is 1. The predicted octanol–water partition coefficient (Wildman–Crippen LogP) is 12.3. The van der Waals surface area contributed by atoms with Gasteiger partial charge in [-0.25, -0.2) is 0 Å². The molecule has 0 bridgehead atoms. The predicted molar refractivity (Wildman–Crippen MR) is 192 cm³/mol. The summed E-state index contributed by atoms with van der Waals surface area (Å²) in [6.45, 7) is 4.14. The fraction of sp³-hybridized carbons (Fsp3) is 0.950. The fourth-order valence-electron chi connectivity index (χ4n) is 6.08. The van der Waals surface area contributed by atoms with Crippen LogP contribution in [0, 0.1) is 0 Å². The zero-order valence-corrected chi connectivity index (χ0v) is 30.4. The molecule has 0 aliphatic heterocycles. The van der Waals surface area contributed by atoms with E-state index in [4.69, 9.17) is 9.47 Å². The lowest BCUT2D eigenvalue weighted by molar-refractivity contribution is -0.161. The molecule has 0 aliphatic rings. The van der Waals surface area contributed by atoms with Crippen LogP contribution in [-0.2, 0) is 19.1 Å². The van der Waals surface area contributed by atoms with Crippen LogP contribution in [0.25, 0.3) is 0 Å². The molecule has 1 unspecified atom stereocenters. The molecule has 0 aromatic heterocycles. The third kappa shape index (κ3) is 35.6. The first-order valence-electron chi connectivity index (χ1n) is 20.1. The number of aliphatic hydroxyl groups excluding tert-OH is 1. The van der Waals surface area contributed by atoms with Gasteiger partial charge in [0.05, 0.1) is 6.61 Å². The summed E-state index contributed by atoms with van der Waals surface area (Å²) in [5, 5.41) is 9.52. The first-order chi connectivity index (χ1) is 22.1. The normalized spacial score (nSPS) is 12.0. The van der Waals surface area contributed by atoms with Crippen LogP contribution in [0.3, 0.4) is 0 Å². The lowest BCUT2D eigenvalue weighted by Crippen LogP contribution is -2.28. The van der Waals surface area contributed by atoms with Crippen LogP contribution >= 0.6 is 0 Å². The zero-order valence-electron chi connectivity index (χ0n) is 30.4. The molecule has 0 fully saturated rings. The molecule has 0 spiro atoms. The van der Waals surface area contributed by atoms with Crippen molar-refractivity contribution in [3.05, 3.63) is 0 Å².